The van der Waals surface area contributed by atoms with Crippen LogP contribution in [0.25, 0.3) is 10.9 Å². The van der Waals surface area contributed by atoms with E-state index in [0.29, 0.717) is 10.8 Å². The topological polar surface area (TPSA) is 68.8 Å². The number of anilines is 2. The van der Waals surface area contributed by atoms with Crippen molar-refractivity contribution < 1.29 is 0 Å². The summed E-state index contributed by atoms with van der Waals surface area (Å²) in [7, 11) is 1.86. The fourth-order valence-electron chi connectivity index (χ4n) is 2.07. The van der Waals surface area contributed by atoms with Crippen LogP contribution >= 0.6 is 12.2 Å². The lowest BCUT2D eigenvalue weighted by Crippen LogP contribution is -2.11. The highest BCUT2D eigenvalue weighted by atomic mass is 32.1. The van der Waals surface area contributed by atoms with E-state index in [-0.39, 0.29) is 0 Å². The van der Waals surface area contributed by atoms with Crippen LogP contribution in [-0.4, -0.2) is 19.8 Å². The van der Waals surface area contributed by atoms with Crippen molar-refractivity contribution in [3.63, 3.8) is 0 Å². The van der Waals surface area contributed by atoms with Gasteiger partial charge in [-0.15, -0.1) is 0 Å². The van der Waals surface area contributed by atoms with E-state index in [0.717, 1.165) is 22.3 Å². The van der Waals surface area contributed by atoms with Crippen molar-refractivity contribution in [2.75, 3.05) is 5.32 Å². The quantitative estimate of drug-likeness (QED) is 0.722. The lowest BCUT2D eigenvalue weighted by atomic mass is 10.1. The second kappa shape index (κ2) is 4.90. The molecule has 0 saturated carbocycles. The highest BCUT2D eigenvalue weighted by molar-refractivity contribution is 7.80. The number of benzene rings is 1. The van der Waals surface area contributed by atoms with Gasteiger partial charge < -0.3 is 11.1 Å². The van der Waals surface area contributed by atoms with Crippen molar-refractivity contribution >= 4 is 39.7 Å². The van der Waals surface area contributed by atoms with Crippen LogP contribution in [0.15, 0.2) is 42.6 Å². The highest BCUT2D eigenvalue weighted by Gasteiger charge is 2.08. The number of thiocarbonyl (C=S) groups is 1. The molecule has 6 heteroatoms. The summed E-state index contributed by atoms with van der Waals surface area (Å²) >= 11 is 5.13. The number of para-hydroxylation sites is 1. The van der Waals surface area contributed by atoms with Gasteiger partial charge in [0, 0.05) is 24.1 Å². The number of hydrogen-bond acceptors (Lipinski definition) is 4. The Hall–Kier alpha value is -2.47. The third kappa shape index (κ3) is 2.21. The molecule has 0 saturated heterocycles. The van der Waals surface area contributed by atoms with E-state index < -0.39 is 0 Å². The normalized spacial score (nSPS) is 10.7. The van der Waals surface area contributed by atoms with Crippen LogP contribution in [0.3, 0.4) is 0 Å². The fraction of sp³-hybridized carbons (Fsp3) is 0.0714. The molecule has 0 spiro atoms. The second-order valence-corrected chi connectivity index (χ2v) is 4.84. The average molecular weight is 283 g/mol. The summed E-state index contributed by atoms with van der Waals surface area (Å²) in [5.41, 5.74) is 7.47. The van der Waals surface area contributed by atoms with Crippen molar-refractivity contribution in [1.29, 1.82) is 0 Å². The molecule has 1 aromatic carbocycles. The minimum atomic E-state index is 0.358. The summed E-state index contributed by atoms with van der Waals surface area (Å²) in [4.78, 5) is 4.92. The fourth-order valence-corrected chi connectivity index (χ4v) is 2.24. The Morgan fingerprint density at radius 2 is 2.10 bits per heavy atom. The average Bonchev–Trinajstić information content (AvgIpc) is 2.83. The first-order chi connectivity index (χ1) is 9.65. The molecule has 0 atom stereocenters. The van der Waals surface area contributed by atoms with Gasteiger partial charge >= 0.3 is 0 Å². The summed E-state index contributed by atoms with van der Waals surface area (Å²) in [6.45, 7) is 0. The molecule has 0 aliphatic rings. The molecule has 0 bridgehead atoms. The molecule has 20 heavy (non-hydrogen) atoms. The third-order valence-electron chi connectivity index (χ3n) is 3.06. The molecule has 0 radical (unpaired) electrons. The SMILES string of the molecule is Cn1nccc1Nc1cc(C(N)=S)c2ccccc2n1. The van der Waals surface area contributed by atoms with Gasteiger partial charge in [-0.2, -0.15) is 5.10 Å². The molecule has 0 unspecified atom stereocenters. The number of fused-ring (bicyclic) bond motifs is 1. The van der Waals surface area contributed by atoms with Gasteiger partial charge in [-0.3, -0.25) is 4.68 Å². The monoisotopic (exact) mass is 283 g/mol. The minimum Gasteiger partial charge on any atom is -0.389 e. The predicted octanol–water partition coefficient (Wildman–Crippen LogP) is 2.35. The number of hydrogen-bond donors (Lipinski definition) is 2. The van der Waals surface area contributed by atoms with Gasteiger partial charge in [0.25, 0.3) is 0 Å². The van der Waals surface area contributed by atoms with Crippen LogP contribution in [0.4, 0.5) is 11.6 Å². The number of aryl methyl sites for hydroxylation is 1. The lowest BCUT2D eigenvalue weighted by Gasteiger charge is -2.10. The Bertz CT molecular complexity index is 793. The zero-order chi connectivity index (χ0) is 14.1. The summed E-state index contributed by atoms with van der Waals surface area (Å²) < 4.78 is 1.73. The van der Waals surface area contributed by atoms with Crippen molar-refractivity contribution in [2.24, 2.45) is 12.8 Å². The molecule has 2 aromatic heterocycles. The first-order valence-electron chi connectivity index (χ1n) is 6.10. The van der Waals surface area contributed by atoms with E-state index in [1.165, 1.54) is 0 Å². The first-order valence-corrected chi connectivity index (χ1v) is 6.50. The third-order valence-corrected chi connectivity index (χ3v) is 3.28. The van der Waals surface area contributed by atoms with Crippen LogP contribution < -0.4 is 11.1 Å². The Morgan fingerprint density at radius 3 is 2.80 bits per heavy atom. The molecule has 0 aliphatic heterocycles. The van der Waals surface area contributed by atoms with Crippen LogP contribution in [0, 0.1) is 0 Å². The zero-order valence-electron chi connectivity index (χ0n) is 10.9. The van der Waals surface area contributed by atoms with Gasteiger partial charge in [-0.05, 0) is 12.1 Å². The van der Waals surface area contributed by atoms with E-state index in [9.17, 15) is 0 Å². The maximum absolute atomic E-state index is 5.81. The predicted molar refractivity (Wildman–Crippen MR) is 84.1 cm³/mol. The van der Waals surface area contributed by atoms with E-state index in [1.807, 2.05) is 43.4 Å². The molecule has 0 fully saturated rings. The van der Waals surface area contributed by atoms with Crippen molar-refractivity contribution in [2.45, 2.75) is 0 Å². The summed E-state index contributed by atoms with van der Waals surface area (Å²) in [5.74, 6) is 1.54. The van der Waals surface area contributed by atoms with Crippen molar-refractivity contribution in [3.8, 4) is 0 Å². The van der Waals surface area contributed by atoms with E-state index in [1.54, 1.807) is 10.9 Å². The number of aromatic nitrogens is 3. The molecule has 3 rings (SSSR count). The smallest absolute Gasteiger partial charge is 0.132 e. The number of pyridine rings is 1. The maximum atomic E-state index is 5.81. The number of nitrogens with one attached hydrogen (secondary N) is 1. The zero-order valence-corrected chi connectivity index (χ0v) is 11.7. The van der Waals surface area contributed by atoms with Gasteiger partial charge in [0.2, 0.25) is 0 Å². The van der Waals surface area contributed by atoms with Gasteiger partial charge in [0.05, 0.1) is 11.7 Å². The molecule has 3 N–H and O–H groups in total. The standard InChI is InChI=1S/C14H13N5S/c1-19-13(6-7-16-19)18-12-8-10(14(15)20)9-4-2-3-5-11(9)17-12/h2-8H,1H3,(H2,15,20)(H,17,18). The molecular weight excluding hydrogens is 270 g/mol. The van der Waals surface area contributed by atoms with Crippen LogP contribution in [0.1, 0.15) is 5.56 Å². The molecule has 100 valence electrons. The Labute approximate surface area is 121 Å². The minimum absolute atomic E-state index is 0.358. The van der Waals surface area contributed by atoms with E-state index >= 15 is 0 Å². The van der Waals surface area contributed by atoms with Gasteiger partial charge in [0.1, 0.15) is 16.6 Å². The van der Waals surface area contributed by atoms with Gasteiger partial charge in [-0.1, -0.05) is 30.4 Å². The lowest BCUT2D eigenvalue weighted by molar-refractivity contribution is 0.776. The number of nitrogens with zero attached hydrogens (tertiary/aromatic N) is 3. The largest absolute Gasteiger partial charge is 0.389 e. The first kappa shape index (κ1) is 12.6. The Kier molecular flexibility index (Phi) is 3.08. The van der Waals surface area contributed by atoms with Crippen molar-refractivity contribution in [3.05, 3.63) is 48.2 Å². The van der Waals surface area contributed by atoms with Crippen LogP contribution in [-0.2, 0) is 7.05 Å². The number of nitrogens with two attached hydrogens (primary N) is 1. The molecule has 0 aliphatic carbocycles. The molecule has 3 aromatic rings. The number of rotatable bonds is 3. The van der Waals surface area contributed by atoms with E-state index in [4.69, 9.17) is 18.0 Å². The summed E-state index contributed by atoms with van der Waals surface area (Å²) in [6.07, 6.45) is 1.72. The van der Waals surface area contributed by atoms with Gasteiger partial charge in [0.15, 0.2) is 0 Å². The van der Waals surface area contributed by atoms with Crippen LogP contribution in [0.5, 0.6) is 0 Å². The summed E-state index contributed by atoms with van der Waals surface area (Å²) in [6, 6.07) is 11.5. The van der Waals surface area contributed by atoms with Gasteiger partial charge in [-0.25, -0.2) is 4.98 Å². The second-order valence-electron chi connectivity index (χ2n) is 4.40. The molecule has 2 heterocycles. The highest BCUT2D eigenvalue weighted by Crippen LogP contribution is 2.22. The maximum Gasteiger partial charge on any atom is 0.132 e. The Morgan fingerprint density at radius 1 is 1.30 bits per heavy atom. The molecule has 5 nitrogen and oxygen atoms in total. The molecular formula is C14H13N5S. The Balaban J connectivity index is 2.12. The van der Waals surface area contributed by atoms with Crippen molar-refractivity contribution in [1.82, 2.24) is 14.8 Å². The molecule has 0 amide bonds. The van der Waals surface area contributed by atoms with Crippen LogP contribution in [0.2, 0.25) is 0 Å². The van der Waals surface area contributed by atoms with E-state index in [2.05, 4.69) is 15.4 Å². The summed E-state index contributed by atoms with van der Waals surface area (Å²) in [5, 5.41) is 8.28.